The fraction of sp³-hybridized carbons (Fsp3) is 0.167. The molecule has 0 fully saturated rings. The molecule has 2 amide bonds. The molecule has 0 radical (unpaired) electrons. The van der Waals surface area contributed by atoms with E-state index in [1.165, 1.54) is 25.3 Å². The van der Waals surface area contributed by atoms with Crippen molar-refractivity contribution in [3.63, 3.8) is 0 Å². The van der Waals surface area contributed by atoms with Crippen LogP contribution in [0.15, 0.2) is 42.5 Å². The second-order valence-electron chi connectivity index (χ2n) is 5.57. The van der Waals surface area contributed by atoms with Gasteiger partial charge in [-0.25, -0.2) is 4.79 Å². The third-order valence-electron chi connectivity index (χ3n) is 3.96. The number of hydrogen-bond donors (Lipinski definition) is 2. The van der Waals surface area contributed by atoms with Crippen molar-refractivity contribution in [1.29, 1.82) is 0 Å². The standard InChI is InChI=1S/C18H15ClN2O4/c1-25-18(24)10-6-7-13(19)15(8-10)21-17(23)12-9-16(22)20-14-5-3-2-4-11(12)14/h2-8,12H,9H2,1H3,(H,20,22)(H,21,23)/t12-/m0/s1. The van der Waals surface area contributed by atoms with Crippen LogP contribution in [0.4, 0.5) is 11.4 Å². The summed E-state index contributed by atoms with van der Waals surface area (Å²) in [6.07, 6.45) is 0.0388. The van der Waals surface area contributed by atoms with Crippen molar-refractivity contribution in [1.82, 2.24) is 0 Å². The van der Waals surface area contributed by atoms with Crippen LogP contribution in [0.3, 0.4) is 0 Å². The van der Waals surface area contributed by atoms with Gasteiger partial charge >= 0.3 is 5.97 Å². The predicted octanol–water partition coefficient (Wildman–Crippen LogP) is 3.19. The van der Waals surface area contributed by atoms with E-state index in [9.17, 15) is 14.4 Å². The van der Waals surface area contributed by atoms with E-state index >= 15 is 0 Å². The van der Waals surface area contributed by atoms with Gasteiger partial charge in [-0.2, -0.15) is 0 Å². The van der Waals surface area contributed by atoms with Crippen molar-refractivity contribution >= 4 is 40.8 Å². The van der Waals surface area contributed by atoms with Crippen molar-refractivity contribution in [3.05, 3.63) is 58.6 Å². The normalized spacial score (nSPS) is 15.8. The van der Waals surface area contributed by atoms with Crippen LogP contribution in [0.5, 0.6) is 0 Å². The number of esters is 1. The SMILES string of the molecule is COC(=O)c1ccc(Cl)c(NC(=O)[C@H]2CC(=O)Nc3ccccc32)c1. The number of nitrogens with one attached hydrogen (secondary N) is 2. The van der Waals surface area contributed by atoms with Gasteiger partial charge in [-0.1, -0.05) is 29.8 Å². The third-order valence-corrected chi connectivity index (χ3v) is 4.29. The molecule has 0 saturated heterocycles. The Kier molecular flexibility index (Phi) is 4.72. The molecule has 25 heavy (non-hydrogen) atoms. The van der Waals surface area contributed by atoms with Crippen LogP contribution in [0.2, 0.25) is 5.02 Å². The molecular weight excluding hydrogens is 344 g/mol. The fourth-order valence-corrected chi connectivity index (χ4v) is 2.90. The summed E-state index contributed by atoms with van der Waals surface area (Å²) < 4.78 is 4.67. The Balaban J connectivity index is 1.88. The van der Waals surface area contributed by atoms with E-state index in [0.29, 0.717) is 5.69 Å². The zero-order chi connectivity index (χ0) is 18.0. The lowest BCUT2D eigenvalue weighted by Crippen LogP contribution is -2.30. The monoisotopic (exact) mass is 358 g/mol. The minimum Gasteiger partial charge on any atom is -0.465 e. The molecule has 7 heteroatoms. The molecule has 2 aromatic carbocycles. The smallest absolute Gasteiger partial charge is 0.337 e. The molecule has 1 atom stereocenters. The molecule has 0 aromatic heterocycles. The molecule has 0 bridgehead atoms. The zero-order valence-corrected chi connectivity index (χ0v) is 14.1. The Morgan fingerprint density at radius 3 is 2.76 bits per heavy atom. The Morgan fingerprint density at radius 2 is 2.00 bits per heavy atom. The zero-order valence-electron chi connectivity index (χ0n) is 13.3. The van der Waals surface area contributed by atoms with Crippen LogP contribution in [-0.4, -0.2) is 24.9 Å². The largest absolute Gasteiger partial charge is 0.465 e. The van der Waals surface area contributed by atoms with Gasteiger partial charge in [-0.05, 0) is 29.8 Å². The predicted molar refractivity (Wildman–Crippen MR) is 93.9 cm³/mol. The maximum atomic E-state index is 12.7. The van der Waals surface area contributed by atoms with Gasteiger partial charge in [0.2, 0.25) is 11.8 Å². The average molecular weight is 359 g/mol. The van der Waals surface area contributed by atoms with Crippen LogP contribution in [0, 0.1) is 0 Å². The van der Waals surface area contributed by atoms with E-state index in [1.54, 1.807) is 24.3 Å². The summed E-state index contributed by atoms with van der Waals surface area (Å²) in [6.45, 7) is 0. The number of benzene rings is 2. The first-order valence-corrected chi connectivity index (χ1v) is 7.95. The minimum atomic E-state index is -0.636. The van der Waals surface area contributed by atoms with Gasteiger partial charge in [-0.15, -0.1) is 0 Å². The number of para-hydroxylation sites is 1. The highest BCUT2D eigenvalue weighted by Gasteiger charge is 2.30. The molecule has 1 aliphatic rings. The molecule has 128 valence electrons. The van der Waals surface area contributed by atoms with E-state index in [-0.39, 0.29) is 34.5 Å². The highest BCUT2D eigenvalue weighted by atomic mass is 35.5. The number of rotatable bonds is 3. The number of amides is 2. The maximum absolute atomic E-state index is 12.7. The summed E-state index contributed by atoms with van der Waals surface area (Å²) in [5.41, 5.74) is 1.91. The number of ether oxygens (including phenoxy) is 1. The molecule has 2 N–H and O–H groups in total. The quantitative estimate of drug-likeness (QED) is 0.825. The summed E-state index contributed by atoms with van der Waals surface area (Å²) in [6, 6.07) is 11.6. The lowest BCUT2D eigenvalue weighted by atomic mass is 9.90. The first-order chi connectivity index (χ1) is 12.0. The minimum absolute atomic E-state index is 0.0388. The highest BCUT2D eigenvalue weighted by Crippen LogP contribution is 2.33. The van der Waals surface area contributed by atoms with Crippen LogP contribution in [0.1, 0.15) is 28.3 Å². The Bertz CT molecular complexity index is 866. The molecule has 1 aliphatic heterocycles. The van der Waals surface area contributed by atoms with E-state index in [4.69, 9.17) is 11.6 Å². The second-order valence-corrected chi connectivity index (χ2v) is 5.97. The highest BCUT2D eigenvalue weighted by molar-refractivity contribution is 6.34. The summed E-state index contributed by atoms with van der Waals surface area (Å²) in [7, 11) is 1.27. The molecule has 0 unspecified atom stereocenters. The molecule has 3 rings (SSSR count). The fourth-order valence-electron chi connectivity index (χ4n) is 2.73. The number of anilines is 2. The Morgan fingerprint density at radius 1 is 1.24 bits per heavy atom. The van der Waals surface area contributed by atoms with Gasteiger partial charge in [0.25, 0.3) is 0 Å². The lowest BCUT2D eigenvalue weighted by molar-refractivity contribution is -0.123. The average Bonchev–Trinajstić information content (AvgIpc) is 2.62. The van der Waals surface area contributed by atoms with Gasteiger partial charge in [-0.3, -0.25) is 9.59 Å². The van der Waals surface area contributed by atoms with E-state index in [2.05, 4.69) is 15.4 Å². The summed E-state index contributed by atoms with van der Waals surface area (Å²) in [5.74, 6) is -1.77. The Labute approximate surface area is 149 Å². The van der Waals surface area contributed by atoms with Crippen molar-refractivity contribution in [2.24, 2.45) is 0 Å². The summed E-state index contributed by atoms with van der Waals surface area (Å²) in [4.78, 5) is 36.2. The number of carbonyl (C=O) groups excluding carboxylic acids is 3. The van der Waals surface area contributed by atoms with Crippen molar-refractivity contribution in [2.75, 3.05) is 17.7 Å². The maximum Gasteiger partial charge on any atom is 0.337 e. The van der Waals surface area contributed by atoms with Gasteiger partial charge in [0.1, 0.15) is 0 Å². The van der Waals surface area contributed by atoms with Crippen LogP contribution < -0.4 is 10.6 Å². The molecule has 0 aliphatic carbocycles. The molecule has 0 saturated carbocycles. The number of fused-ring (bicyclic) bond motifs is 1. The molecule has 0 spiro atoms. The van der Waals surface area contributed by atoms with Crippen LogP contribution in [0.25, 0.3) is 0 Å². The number of halogens is 1. The molecular formula is C18H15ClN2O4. The van der Waals surface area contributed by atoms with E-state index in [0.717, 1.165) is 5.56 Å². The van der Waals surface area contributed by atoms with Gasteiger partial charge < -0.3 is 15.4 Å². The van der Waals surface area contributed by atoms with Gasteiger partial charge in [0, 0.05) is 12.1 Å². The van der Waals surface area contributed by atoms with Crippen LogP contribution in [-0.2, 0) is 14.3 Å². The third kappa shape index (κ3) is 3.49. The van der Waals surface area contributed by atoms with Crippen molar-refractivity contribution in [2.45, 2.75) is 12.3 Å². The molecule has 1 heterocycles. The topological polar surface area (TPSA) is 84.5 Å². The molecule has 6 nitrogen and oxygen atoms in total. The van der Waals surface area contributed by atoms with E-state index < -0.39 is 11.9 Å². The first kappa shape index (κ1) is 17.0. The van der Waals surface area contributed by atoms with Crippen LogP contribution >= 0.6 is 11.6 Å². The van der Waals surface area contributed by atoms with Crippen molar-refractivity contribution in [3.8, 4) is 0 Å². The summed E-state index contributed by atoms with van der Waals surface area (Å²) >= 11 is 6.11. The molecule has 2 aromatic rings. The van der Waals surface area contributed by atoms with Gasteiger partial charge in [0.05, 0.1) is 29.3 Å². The summed E-state index contributed by atoms with van der Waals surface area (Å²) in [5, 5.41) is 5.73. The van der Waals surface area contributed by atoms with E-state index in [1.807, 2.05) is 0 Å². The Hall–Kier alpha value is -2.86. The van der Waals surface area contributed by atoms with Gasteiger partial charge in [0.15, 0.2) is 0 Å². The second kappa shape index (κ2) is 6.94. The number of hydrogen-bond acceptors (Lipinski definition) is 4. The van der Waals surface area contributed by atoms with Crippen molar-refractivity contribution < 1.29 is 19.1 Å². The number of carbonyl (C=O) groups is 3. The lowest BCUT2D eigenvalue weighted by Gasteiger charge is -2.25. The number of methoxy groups -OCH3 is 1. The first-order valence-electron chi connectivity index (χ1n) is 7.57.